The summed E-state index contributed by atoms with van der Waals surface area (Å²) in [6, 6.07) is 16.3. The van der Waals surface area contributed by atoms with Crippen LogP contribution in [0.4, 0.5) is 5.69 Å². The van der Waals surface area contributed by atoms with Crippen molar-refractivity contribution in [3.05, 3.63) is 63.6 Å². The molecule has 2 rings (SSSR count). The molecule has 0 bridgehead atoms. The summed E-state index contributed by atoms with van der Waals surface area (Å²) in [5, 5.41) is 4.14. The minimum Gasteiger partial charge on any atom is -0.381 e. The Kier molecular flexibility index (Phi) is 5.25. The van der Waals surface area contributed by atoms with Crippen molar-refractivity contribution in [2.45, 2.75) is 12.5 Å². The zero-order chi connectivity index (χ0) is 13.7. The molecule has 0 spiro atoms. The molecule has 0 radical (unpaired) electrons. The fourth-order valence-corrected chi connectivity index (χ4v) is 2.41. The van der Waals surface area contributed by atoms with Crippen molar-refractivity contribution in [1.29, 1.82) is 0 Å². The fourth-order valence-electron chi connectivity index (χ4n) is 1.91. The Morgan fingerprint density at radius 3 is 2.53 bits per heavy atom. The van der Waals surface area contributed by atoms with Gasteiger partial charge in [-0.1, -0.05) is 41.9 Å². The van der Waals surface area contributed by atoms with Gasteiger partial charge in [-0.2, -0.15) is 0 Å². The molecule has 2 aromatic rings. The number of nitrogens with two attached hydrogens (primary N) is 1. The summed E-state index contributed by atoms with van der Waals surface area (Å²) in [5.41, 5.74) is 8.13. The lowest BCUT2D eigenvalue weighted by Gasteiger charge is -2.18. The molecule has 19 heavy (non-hydrogen) atoms. The second-order valence-corrected chi connectivity index (χ2v) is 5.66. The number of benzene rings is 2. The van der Waals surface area contributed by atoms with Crippen molar-refractivity contribution in [1.82, 2.24) is 0 Å². The first kappa shape index (κ1) is 14.4. The standard InChI is InChI=1S/C15H16BrClN2/c16-14-9-12(6-7-15(14)17)19-13(10-18)8-11-4-2-1-3-5-11/h1-7,9,13,19H,8,10,18H2. The second-order valence-electron chi connectivity index (χ2n) is 4.40. The zero-order valence-electron chi connectivity index (χ0n) is 10.4. The molecule has 4 heteroatoms. The maximum atomic E-state index is 5.98. The number of anilines is 1. The maximum absolute atomic E-state index is 5.98. The molecule has 2 nitrogen and oxygen atoms in total. The second kappa shape index (κ2) is 6.94. The molecule has 1 unspecified atom stereocenters. The van der Waals surface area contributed by atoms with Crippen LogP contribution in [0.25, 0.3) is 0 Å². The number of hydrogen-bond acceptors (Lipinski definition) is 2. The molecule has 0 aromatic heterocycles. The molecule has 0 heterocycles. The maximum Gasteiger partial charge on any atom is 0.0549 e. The van der Waals surface area contributed by atoms with Crippen LogP contribution in [-0.4, -0.2) is 12.6 Å². The van der Waals surface area contributed by atoms with Crippen LogP contribution < -0.4 is 11.1 Å². The van der Waals surface area contributed by atoms with E-state index >= 15 is 0 Å². The van der Waals surface area contributed by atoms with Crippen molar-refractivity contribution in [2.24, 2.45) is 5.73 Å². The molecular formula is C15H16BrClN2. The topological polar surface area (TPSA) is 38.0 Å². The van der Waals surface area contributed by atoms with Gasteiger partial charge in [0.25, 0.3) is 0 Å². The Bertz CT molecular complexity index is 531. The average Bonchev–Trinajstić information content (AvgIpc) is 2.43. The first-order valence-corrected chi connectivity index (χ1v) is 7.31. The molecule has 1 atom stereocenters. The van der Waals surface area contributed by atoms with Gasteiger partial charge in [-0.05, 0) is 46.1 Å². The summed E-state index contributed by atoms with van der Waals surface area (Å²) in [5.74, 6) is 0. The van der Waals surface area contributed by atoms with Gasteiger partial charge >= 0.3 is 0 Å². The highest BCUT2D eigenvalue weighted by Gasteiger charge is 2.08. The fraction of sp³-hybridized carbons (Fsp3) is 0.200. The average molecular weight is 340 g/mol. The summed E-state index contributed by atoms with van der Waals surface area (Å²) in [4.78, 5) is 0. The van der Waals surface area contributed by atoms with Crippen LogP contribution in [0.15, 0.2) is 53.0 Å². The van der Waals surface area contributed by atoms with Crippen molar-refractivity contribution in [3.63, 3.8) is 0 Å². The van der Waals surface area contributed by atoms with E-state index in [0.717, 1.165) is 16.6 Å². The van der Waals surface area contributed by atoms with E-state index in [1.54, 1.807) is 0 Å². The van der Waals surface area contributed by atoms with E-state index in [1.165, 1.54) is 5.56 Å². The molecule has 0 aliphatic rings. The van der Waals surface area contributed by atoms with Crippen molar-refractivity contribution < 1.29 is 0 Å². The highest BCUT2D eigenvalue weighted by molar-refractivity contribution is 9.10. The van der Waals surface area contributed by atoms with E-state index in [9.17, 15) is 0 Å². The van der Waals surface area contributed by atoms with Gasteiger partial charge in [-0.15, -0.1) is 0 Å². The Labute approximate surface area is 127 Å². The van der Waals surface area contributed by atoms with Gasteiger partial charge in [-0.3, -0.25) is 0 Å². The van der Waals surface area contributed by atoms with Gasteiger partial charge in [0, 0.05) is 22.7 Å². The normalized spacial score (nSPS) is 12.2. The summed E-state index contributed by atoms with van der Waals surface area (Å²) >= 11 is 9.40. The molecular weight excluding hydrogens is 324 g/mol. The summed E-state index contributed by atoms with van der Waals surface area (Å²) < 4.78 is 0.884. The molecule has 3 N–H and O–H groups in total. The smallest absolute Gasteiger partial charge is 0.0549 e. The highest BCUT2D eigenvalue weighted by atomic mass is 79.9. The Balaban J connectivity index is 2.04. The Morgan fingerprint density at radius 1 is 1.16 bits per heavy atom. The summed E-state index contributed by atoms with van der Waals surface area (Å²) in [6.07, 6.45) is 0.900. The SMILES string of the molecule is NCC(Cc1ccccc1)Nc1ccc(Cl)c(Br)c1. The van der Waals surface area contributed by atoms with Crippen molar-refractivity contribution >= 4 is 33.2 Å². The lowest BCUT2D eigenvalue weighted by molar-refractivity contribution is 0.724. The van der Waals surface area contributed by atoms with Crippen LogP contribution in [0.2, 0.25) is 5.02 Å². The molecule has 100 valence electrons. The molecule has 0 saturated heterocycles. The van der Waals surface area contributed by atoms with Crippen LogP contribution in [0.1, 0.15) is 5.56 Å². The molecule has 0 aliphatic heterocycles. The predicted octanol–water partition coefficient (Wildman–Crippen LogP) is 4.08. The number of nitrogens with one attached hydrogen (secondary N) is 1. The molecule has 2 aromatic carbocycles. The van der Waals surface area contributed by atoms with E-state index in [4.69, 9.17) is 17.3 Å². The first-order chi connectivity index (χ1) is 9.19. The van der Waals surface area contributed by atoms with Gasteiger partial charge in [0.1, 0.15) is 0 Å². The van der Waals surface area contributed by atoms with Crippen LogP contribution in [0.3, 0.4) is 0 Å². The van der Waals surface area contributed by atoms with Gasteiger partial charge in [0.15, 0.2) is 0 Å². The van der Waals surface area contributed by atoms with Gasteiger partial charge in [0.2, 0.25) is 0 Å². The molecule has 0 saturated carbocycles. The minimum atomic E-state index is 0.204. The van der Waals surface area contributed by atoms with E-state index < -0.39 is 0 Å². The Morgan fingerprint density at radius 2 is 1.89 bits per heavy atom. The van der Waals surface area contributed by atoms with Gasteiger partial charge < -0.3 is 11.1 Å². The zero-order valence-corrected chi connectivity index (χ0v) is 12.8. The summed E-state index contributed by atoms with van der Waals surface area (Å²) in [6.45, 7) is 0.579. The third-order valence-electron chi connectivity index (χ3n) is 2.90. The van der Waals surface area contributed by atoms with Crippen LogP contribution in [-0.2, 0) is 6.42 Å². The van der Waals surface area contributed by atoms with E-state index in [2.05, 4.69) is 33.4 Å². The predicted molar refractivity (Wildman–Crippen MR) is 85.8 cm³/mol. The first-order valence-electron chi connectivity index (χ1n) is 6.14. The van der Waals surface area contributed by atoms with Crippen molar-refractivity contribution in [2.75, 3.05) is 11.9 Å². The quantitative estimate of drug-likeness (QED) is 0.861. The van der Waals surface area contributed by atoms with Crippen molar-refractivity contribution in [3.8, 4) is 0 Å². The van der Waals surface area contributed by atoms with Crippen LogP contribution in [0, 0.1) is 0 Å². The highest BCUT2D eigenvalue weighted by Crippen LogP contribution is 2.26. The monoisotopic (exact) mass is 338 g/mol. The molecule has 0 fully saturated rings. The lowest BCUT2D eigenvalue weighted by Crippen LogP contribution is -2.31. The molecule has 0 amide bonds. The van der Waals surface area contributed by atoms with E-state index in [0.29, 0.717) is 11.6 Å². The lowest BCUT2D eigenvalue weighted by atomic mass is 10.1. The summed E-state index contributed by atoms with van der Waals surface area (Å²) in [7, 11) is 0. The third kappa shape index (κ3) is 4.23. The van der Waals surface area contributed by atoms with E-state index in [-0.39, 0.29) is 6.04 Å². The number of halogens is 2. The number of hydrogen-bond donors (Lipinski definition) is 2. The Hall–Kier alpha value is -1.03. The largest absolute Gasteiger partial charge is 0.381 e. The van der Waals surface area contributed by atoms with E-state index in [1.807, 2.05) is 36.4 Å². The van der Waals surface area contributed by atoms with Crippen LogP contribution >= 0.6 is 27.5 Å². The third-order valence-corrected chi connectivity index (χ3v) is 4.11. The van der Waals surface area contributed by atoms with Gasteiger partial charge in [0.05, 0.1) is 5.02 Å². The molecule has 0 aliphatic carbocycles. The van der Waals surface area contributed by atoms with Gasteiger partial charge in [-0.25, -0.2) is 0 Å². The number of rotatable bonds is 5. The van der Waals surface area contributed by atoms with Crippen LogP contribution in [0.5, 0.6) is 0 Å². The minimum absolute atomic E-state index is 0.204.